The van der Waals surface area contributed by atoms with Gasteiger partial charge in [-0.25, -0.2) is 4.79 Å². The Kier molecular flexibility index (Phi) is 14.1. The fraction of sp³-hybridized carbons (Fsp3) is 0.864. The molecule has 0 aliphatic rings. The van der Waals surface area contributed by atoms with Crippen LogP contribution in [0.25, 0.3) is 0 Å². The first-order valence-electron chi connectivity index (χ1n) is 10.3. The standard InChI is InChI=1S/C22H42O2/c1-6-8-10-12-14-16-18-22(5,24-21(23)20(3)4)19-17-15-13-11-9-7-2/h3,6-19H2,1-2,4-5H3. The van der Waals surface area contributed by atoms with Gasteiger partial charge in [-0.3, -0.25) is 0 Å². The van der Waals surface area contributed by atoms with Gasteiger partial charge in [-0.15, -0.1) is 0 Å². The molecule has 0 aromatic heterocycles. The average Bonchev–Trinajstić information content (AvgIpc) is 2.54. The molecule has 0 radical (unpaired) electrons. The van der Waals surface area contributed by atoms with Crippen LogP contribution in [0.15, 0.2) is 12.2 Å². The lowest BCUT2D eigenvalue weighted by atomic mass is 9.91. The number of hydrogen-bond acceptors (Lipinski definition) is 2. The summed E-state index contributed by atoms with van der Waals surface area (Å²) in [5.41, 5.74) is 0.193. The van der Waals surface area contributed by atoms with Gasteiger partial charge >= 0.3 is 5.97 Å². The van der Waals surface area contributed by atoms with Crippen molar-refractivity contribution in [3.05, 3.63) is 12.2 Å². The van der Waals surface area contributed by atoms with E-state index in [0.29, 0.717) is 5.57 Å². The van der Waals surface area contributed by atoms with Crippen molar-refractivity contribution >= 4 is 5.97 Å². The monoisotopic (exact) mass is 338 g/mol. The molecule has 24 heavy (non-hydrogen) atoms. The molecule has 0 atom stereocenters. The van der Waals surface area contributed by atoms with Crippen LogP contribution in [0.3, 0.4) is 0 Å². The smallest absolute Gasteiger partial charge is 0.333 e. The zero-order chi connectivity index (χ0) is 18.3. The van der Waals surface area contributed by atoms with Gasteiger partial charge in [0, 0.05) is 5.57 Å². The molecule has 0 aliphatic heterocycles. The topological polar surface area (TPSA) is 26.3 Å². The first kappa shape index (κ1) is 23.2. The minimum Gasteiger partial charge on any atom is -0.456 e. The highest BCUT2D eigenvalue weighted by molar-refractivity contribution is 5.87. The molecule has 0 rings (SSSR count). The van der Waals surface area contributed by atoms with Crippen molar-refractivity contribution in [2.24, 2.45) is 0 Å². The van der Waals surface area contributed by atoms with E-state index < -0.39 is 0 Å². The maximum Gasteiger partial charge on any atom is 0.333 e. The number of unbranched alkanes of at least 4 members (excludes halogenated alkanes) is 10. The van der Waals surface area contributed by atoms with Crippen LogP contribution in [0.2, 0.25) is 0 Å². The third kappa shape index (κ3) is 12.6. The summed E-state index contributed by atoms with van der Waals surface area (Å²) in [6.45, 7) is 12.1. The first-order valence-corrected chi connectivity index (χ1v) is 10.3. The summed E-state index contributed by atoms with van der Waals surface area (Å²) >= 11 is 0. The molecule has 0 unspecified atom stereocenters. The molecule has 0 saturated carbocycles. The lowest BCUT2D eigenvalue weighted by Gasteiger charge is -2.30. The normalized spacial score (nSPS) is 11.5. The van der Waals surface area contributed by atoms with Gasteiger partial charge in [0.2, 0.25) is 0 Å². The summed E-state index contributed by atoms with van der Waals surface area (Å²) < 4.78 is 5.82. The quantitative estimate of drug-likeness (QED) is 0.167. The van der Waals surface area contributed by atoms with Crippen molar-refractivity contribution in [1.29, 1.82) is 0 Å². The molecule has 2 heteroatoms. The fourth-order valence-corrected chi connectivity index (χ4v) is 3.10. The number of carbonyl (C=O) groups excluding carboxylic acids is 1. The lowest BCUT2D eigenvalue weighted by Crippen LogP contribution is -2.32. The van der Waals surface area contributed by atoms with Crippen molar-refractivity contribution in [2.75, 3.05) is 0 Å². The van der Waals surface area contributed by atoms with Gasteiger partial charge in [0.1, 0.15) is 5.60 Å². The predicted molar refractivity (Wildman–Crippen MR) is 105 cm³/mol. The Bertz CT molecular complexity index is 317. The Hall–Kier alpha value is -0.790. The summed E-state index contributed by atoms with van der Waals surface area (Å²) in [6, 6.07) is 0. The van der Waals surface area contributed by atoms with Crippen molar-refractivity contribution in [2.45, 2.75) is 123 Å². The second-order valence-corrected chi connectivity index (χ2v) is 7.66. The second kappa shape index (κ2) is 14.5. The highest BCUT2D eigenvalue weighted by atomic mass is 16.6. The van der Waals surface area contributed by atoms with Crippen LogP contribution in [0.5, 0.6) is 0 Å². The van der Waals surface area contributed by atoms with Crippen molar-refractivity contribution in [3.8, 4) is 0 Å². The van der Waals surface area contributed by atoms with E-state index in [-0.39, 0.29) is 11.6 Å². The summed E-state index contributed by atoms with van der Waals surface area (Å²) in [5.74, 6) is -0.227. The van der Waals surface area contributed by atoms with Crippen LogP contribution < -0.4 is 0 Å². The van der Waals surface area contributed by atoms with Crippen LogP contribution in [-0.4, -0.2) is 11.6 Å². The molecule has 0 spiro atoms. The largest absolute Gasteiger partial charge is 0.456 e. The van der Waals surface area contributed by atoms with Crippen molar-refractivity contribution < 1.29 is 9.53 Å². The molecule has 0 heterocycles. The van der Waals surface area contributed by atoms with Gasteiger partial charge in [-0.05, 0) is 39.5 Å². The molecule has 0 aromatic rings. The highest BCUT2D eigenvalue weighted by Crippen LogP contribution is 2.28. The molecule has 0 fully saturated rings. The van der Waals surface area contributed by atoms with Gasteiger partial charge in [-0.2, -0.15) is 0 Å². The zero-order valence-corrected chi connectivity index (χ0v) is 16.9. The first-order chi connectivity index (χ1) is 11.4. The van der Waals surface area contributed by atoms with E-state index in [1.54, 1.807) is 6.92 Å². The van der Waals surface area contributed by atoms with E-state index in [4.69, 9.17) is 4.74 Å². The van der Waals surface area contributed by atoms with E-state index >= 15 is 0 Å². The second-order valence-electron chi connectivity index (χ2n) is 7.66. The van der Waals surface area contributed by atoms with E-state index in [2.05, 4.69) is 27.4 Å². The molecule has 0 aliphatic carbocycles. The third-order valence-corrected chi connectivity index (χ3v) is 4.81. The summed E-state index contributed by atoms with van der Waals surface area (Å²) in [5, 5.41) is 0. The molecular weight excluding hydrogens is 296 g/mol. The van der Waals surface area contributed by atoms with Gasteiger partial charge in [0.05, 0.1) is 0 Å². The van der Waals surface area contributed by atoms with Crippen LogP contribution >= 0.6 is 0 Å². The third-order valence-electron chi connectivity index (χ3n) is 4.81. The highest BCUT2D eigenvalue weighted by Gasteiger charge is 2.28. The van der Waals surface area contributed by atoms with Gasteiger partial charge in [-0.1, -0.05) is 84.6 Å². The Morgan fingerprint density at radius 1 is 0.792 bits per heavy atom. The van der Waals surface area contributed by atoms with E-state index in [0.717, 1.165) is 25.7 Å². The molecule has 0 bridgehead atoms. The number of hydrogen-bond donors (Lipinski definition) is 0. The Morgan fingerprint density at radius 2 is 1.17 bits per heavy atom. The molecule has 0 N–H and O–H groups in total. The fourth-order valence-electron chi connectivity index (χ4n) is 3.10. The van der Waals surface area contributed by atoms with Gasteiger partial charge in [0.25, 0.3) is 0 Å². The molecule has 0 amide bonds. The summed E-state index contributed by atoms with van der Waals surface area (Å²) in [7, 11) is 0. The maximum absolute atomic E-state index is 12.0. The molecule has 0 saturated heterocycles. The Labute approximate surface area is 151 Å². The summed E-state index contributed by atoms with van der Waals surface area (Å²) in [6.07, 6.45) is 17.3. The number of ether oxygens (including phenoxy) is 1. The SMILES string of the molecule is C=C(C)C(=O)OC(C)(CCCCCCCC)CCCCCCCC. The van der Waals surface area contributed by atoms with Gasteiger partial charge < -0.3 is 4.74 Å². The summed E-state index contributed by atoms with van der Waals surface area (Å²) in [4.78, 5) is 12.0. The van der Waals surface area contributed by atoms with Gasteiger partial charge in [0.15, 0.2) is 0 Å². The average molecular weight is 339 g/mol. The lowest BCUT2D eigenvalue weighted by molar-refractivity contribution is -0.154. The van der Waals surface area contributed by atoms with Crippen molar-refractivity contribution in [1.82, 2.24) is 0 Å². The Balaban J connectivity index is 4.22. The molecular formula is C22H42O2. The van der Waals surface area contributed by atoms with Crippen molar-refractivity contribution in [3.63, 3.8) is 0 Å². The van der Waals surface area contributed by atoms with E-state index in [9.17, 15) is 4.79 Å². The minimum atomic E-state index is -0.314. The van der Waals surface area contributed by atoms with E-state index in [1.807, 2.05) is 0 Å². The number of rotatable bonds is 16. The Morgan fingerprint density at radius 3 is 1.54 bits per heavy atom. The molecule has 142 valence electrons. The zero-order valence-electron chi connectivity index (χ0n) is 16.9. The van der Waals surface area contributed by atoms with Crippen LogP contribution in [0.4, 0.5) is 0 Å². The van der Waals surface area contributed by atoms with Crippen LogP contribution in [0.1, 0.15) is 118 Å². The number of carbonyl (C=O) groups is 1. The predicted octanol–water partition coefficient (Wildman–Crippen LogP) is 7.37. The van der Waals surface area contributed by atoms with E-state index in [1.165, 1.54) is 64.2 Å². The molecule has 2 nitrogen and oxygen atoms in total. The minimum absolute atomic E-state index is 0.227. The maximum atomic E-state index is 12.0. The molecule has 0 aromatic carbocycles. The van der Waals surface area contributed by atoms with Crippen LogP contribution in [-0.2, 0) is 9.53 Å². The van der Waals surface area contributed by atoms with Crippen LogP contribution in [0, 0.1) is 0 Å². The number of esters is 1.